The van der Waals surface area contributed by atoms with Gasteiger partial charge in [-0.3, -0.25) is 18.8 Å². The fourth-order valence-electron chi connectivity index (χ4n) is 3.58. The second kappa shape index (κ2) is 10.2. The van der Waals surface area contributed by atoms with E-state index in [1.807, 2.05) is 25.1 Å². The first-order valence-electron chi connectivity index (χ1n) is 10.4. The number of carbonyl (C=O) groups excluding carboxylic acids is 1. The molecule has 4 aromatic rings. The van der Waals surface area contributed by atoms with Gasteiger partial charge in [-0.25, -0.2) is 4.98 Å². The van der Waals surface area contributed by atoms with E-state index in [0.29, 0.717) is 57.7 Å². The van der Waals surface area contributed by atoms with Crippen molar-refractivity contribution in [1.82, 2.24) is 19.3 Å². The van der Waals surface area contributed by atoms with Crippen molar-refractivity contribution in [3.63, 3.8) is 0 Å². The largest absolute Gasteiger partial charge is 0.496 e. The molecule has 170 valence electrons. The summed E-state index contributed by atoms with van der Waals surface area (Å²) in [6, 6.07) is 12.6. The lowest BCUT2D eigenvalue weighted by Gasteiger charge is -2.14. The summed E-state index contributed by atoms with van der Waals surface area (Å²) in [6.45, 7) is 2.98. The quantitative estimate of drug-likeness (QED) is 0.194. The molecule has 0 aliphatic rings. The Kier molecular flexibility index (Phi) is 7.15. The number of carbonyl (C=O) groups is 1. The van der Waals surface area contributed by atoms with Gasteiger partial charge in [0.1, 0.15) is 12.0 Å². The number of aryl methyl sites for hydroxylation is 2. The van der Waals surface area contributed by atoms with Crippen molar-refractivity contribution in [3.05, 3.63) is 80.9 Å². The first-order chi connectivity index (χ1) is 16.0. The average Bonchev–Trinajstić information content (AvgIpc) is 3.15. The topological polar surface area (TPSA) is 79.0 Å². The number of thioether (sulfide) groups is 1. The molecule has 0 atom stereocenters. The summed E-state index contributed by atoms with van der Waals surface area (Å²) < 4.78 is 8.95. The van der Waals surface area contributed by atoms with E-state index in [-0.39, 0.29) is 5.56 Å². The first-order valence-corrected chi connectivity index (χ1v) is 11.8. The Bertz CT molecular complexity index is 1350. The number of nitrogens with zero attached hydrogens (tertiary/aromatic N) is 4. The zero-order valence-corrected chi connectivity index (χ0v) is 19.9. The van der Waals surface area contributed by atoms with Crippen LogP contribution in [0.4, 0.5) is 0 Å². The minimum Gasteiger partial charge on any atom is -0.496 e. The van der Waals surface area contributed by atoms with E-state index in [1.165, 1.54) is 11.8 Å². The van der Waals surface area contributed by atoms with Gasteiger partial charge in [0.15, 0.2) is 5.16 Å². The zero-order chi connectivity index (χ0) is 23.4. The normalized spacial score (nSPS) is 11.1. The van der Waals surface area contributed by atoms with Crippen LogP contribution in [0.5, 0.6) is 5.75 Å². The molecular weight excluding hydrogens is 460 g/mol. The SMILES string of the molecule is COc1ccc(C=O)cc1CSc1nc2ccccc2c(=O)n1CCCn1cc(Cl)c(C)n1. The number of benzene rings is 2. The van der Waals surface area contributed by atoms with Crippen LogP contribution < -0.4 is 10.3 Å². The Balaban J connectivity index is 1.62. The Labute approximate surface area is 200 Å². The van der Waals surface area contributed by atoms with Crippen LogP contribution in [0.2, 0.25) is 5.02 Å². The maximum atomic E-state index is 13.3. The fourth-order valence-corrected chi connectivity index (χ4v) is 4.73. The third kappa shape index (κ3) is 5.12. The van der Waals surface area contributed by atoms with Crippen molar-refractivity contribution in [2.45, 2.75) is 37.3 Å². The van der Waals surface area contributed by atoms with Gasteiger partial charge in [-0.1, -0.05) is 35.5 Å². The number of para-hydroxylation sites is 1. The standard InChI is InChI=1S/C24H23ClN4O3S/c1-16-20(25)13-28(27-16)10-5-11-29-23(31)19-6-3-4-7-21(19)26-24(29)33-15-18-12-17(14-30)8-9-22(18)32-2/h3-4,6-9,12-14H,5,10-11,15H2,1-2H3. The molecule has 9 heteroatoms. The summed E-state index contributed by atoms with van der Waals surface area (Å²) in [6.07, 6.45) is 3.29. The third-order valence-corrected chi connectivity index (χ3v) is 6.68. The molecule has 0 radical (unpaired) electrons. The van der Waals surface area contributed by atoms with Crippen molar-refractivity contribution >= 4 is 40.6 Å². The molecule has 0 unspecified atom stereocenters. The number of aromatic nitrogens is 4. The Morgan fingerprint density at radius 3 is 2.73 bits per heavy atom. The molecule has 0 saturated heterocycles. The smallest absolute Gasteiger partial charge is 0.262 e. The number of fused-ring (bicyclic) bond motifs is 1. The van der Waals surface area contributed by atoms with E-state index in [2.05, 4.69) is 5.10 Å². The van der Waals surface area contributed by atoms with Crippen LogP contribution in [0.25, 0.3) is 10.9 Å². The minimum atomic E-state index is -0.0774. The maximum Gasteiger partial charge on any atom is 0.262 e. The molecule has 0 aliphatic heterocycles. The van der Waals surface area contributed by atoms with Gasteiger partial charge in [-0.05, 0) is 43.7 Å². The molecule has 0 fully saturated rings. The number of methoxy groups -OCH3 is 1. The van der Waals surface area contributed by atoms with E-state index < -0.39 is 0 Å². The highest BCUT2D eigenvalue weighted by Gasteiger charge is 2.14. The number of aldehydes is 1. The zero-order valence-electron chi connectivity index (χ0n) is 18.3. The maximum absolute atomic E-state index is 13.3. The van der Waals surface area contributed by atoms with Crippen molar-refractivity contribution in [2.75, 3.05) is 7.11 Å². The van der Waals surface area contributed by atoms with Crippen LogP contribution in [0, 0.1) is 6.92 Å². The molecule has 0 amide bonds. The number of ether oxygens (including phenoxy) is 1. The van der Waals surface area contributed by atoms with E-state index in [1.54, 1.807) is 46.8 Å². The summed E-state index contributed by atoms with van der Waals surface area (Å²) in [5.74, 6) is 1.19. The molecule has 0 spiro atoms. The predicted molar refractivity (Wildman–Crippen MR) is 131 cm³/mol. The summed E-state index contributed by atoms with van der Waals surface area (Å²) >= 11 is 7.55. The van der Waals surface area contributed by atoms with Crippen LogP contribution in [-0.2, 0) is 18.8 Å². The summed E-state index contributed by atoms with van der Waals surface area (Å²) in [5.41, 5.74) is 2.80. The Hall–Kier alpha value is -3.10. The van der Waals surface area contributed by atoms with E-state index >= 15 is 0 Å². The summed E-state index contributed by atoms with van der Waals surface area (Å²) in [5, 5.41) is 6.21. The Morgan fingerprint density at radius 1 is 1.18 bits per heavy atom. The molecule has 0 bridgehead atoms. The van der Waals surface area contributed by atoms with Gasteiger partial charge in [0.25, 0.3) is 5.56 Å². The van der Waals surface area contributed by atoms with E-state index in [4.69, 9.17) is 21.3 Å². The second-order valence-corrected chi connectivity index (χ2v) is 8.87. The molecule has 0 saturated carbocycles. The van der Waals surface area contributed by atoms with Gasteiger partial charge in [-0.15, -0.1) is 0 Å². The van der Waals surface area contributed by atoms with Crippen LogP contribution in [-0.4, -0.2) is 32.7 Å². The van der Waals surface area contributed by atoms with Crippen LogP contribution >= 0.6 is 23.4 Å². The number of halogens is 1. The highest BCUT2D eigenvalue weighted by Crippen LogP contribution is 2.28. The molecule has 4 rings (SSSR count). The lowest BCUT2D eigenvalue weighted by Crippen LogP contribution is -2.24. The summed E-state index contributed by atoms with van der Waals surface area (Å²) in [4.78, 5) is 29.3. The highest BCUT2D eigenvalue weighted by atomic mass is 35.5. The lowest BCUT2D eigenvalue weighted by molar-refractivity contribution is 0.112. The van der Waals surface area contributed by atoms with Crippen molar-refractivity contribution in [2.24, 2.45) is 0 Å². The van der Waals surface area contributed by atoms with Crippen LogP contribution in [0.15, 0.2) is 58.6 Å². The number of rotatable bonds is 9. The van der Waals surface area contributed by atoms with Crippen LogP contribution in [0.3, 0.4) is 0 Å². The molecule has 2 aromatic carbocycles. The van der Waals surface area contributed by atoms with Crippen molar-refractivity contribution < 1.29 is 9.53 Å². The highest BCUT2D eigenvalue weighted by molar-refractivity contribution is 7.98. The average molecular weight is 483 g/mol. The molecular formula is C24H23ClN4O3S. The molecule has 33 heavy (non-hydrogen) atoms. The van der Waals surface area contributed by atoms with E-state index in [9.17, 15) is 9.59 Å². The van der Waals surface area contributed by atoms with Gasteiger partial charge in [0, 0.05) is 36.2 Å². The van der Waals surface area contributed by atoms with Gasteiger partial charge in [0.2, 0.25) is 0 Å². The van der Waals surface area contributed by atoms with Crippen molar-refractivity contribution in [1.29, 1.82) is 0 Å². The van der Waals surface area contributed by atoms with Crippen LogP contribution in [0.1, 0.15) is 28.0 Å². The molecule has 2 aromatic heterocycles. The fraction of sp³-hybridized carbons (Fsp3) is 0.250. The predicted octanol–water partition coefficient (Wildman–Crippen LogP) is 4.76. The lowest BCUT2D eigenvalue weighted by atomic mass is 10.1. The third-order valence-electron chi connectivity index (χ3n) is 5.28. The molecule has 2 heterocycles. The van der Waals surface area contributed by atoms with Gasteiger partial charge in [0.05, 0.1) is 28.7 Å². The number of hydrogen-bond donors (Lipinski definition) is 0. The minimum absolute atomic E-state index is 0.0774. The molecule has 0 N–H and O–H groups in total. The monoisotopic (exact) mass is 482 g/mol. The molecule has 7 nitrogen and oxygen atoms in total. The van der Waals surface area contributed by atoms with Gasteiger partial charge >= 0.3 is 0 Å². The Morgan fingerprint density at radius 2 is 2.00 bits per heavy atom. The van der Waals surface area contributed by atoms with Gasteiger partial charge < -0.3 is 4.74 Å². The summed E-state index contributed by atoms with van der Waals surface area (Å²) in [7, 11) is 1.59. The van der Waals surface area contributed by atoms with E-state index in [0.717, 1.165) is 17.5 Å². The number of hydrogen-bond acceptors (Lipinski definition) is 6. The molecule has 0 aliphatic carbocycles. The first kappa shape index (κ1) is 23.1. The van der Waals surface area contributed by atoms with Crippen molar-refractivity contribution in [3.8, 4) is 5.75 Å². The van der Waals surface area contributed by atoms with Gasteiger partial charge in [-0.2, -0.15) is 5.10 Å². The second-order valence-electron chi connectivity index (χ2n) is 7.53.